The van der Waals surface area contributed by atoms with Gasteiger partial charge in [0.05, 0.1) is 16.8 Å². The first-order valence-corrected chi connectivity index (χ1v) is 8.42. The van der Waals surface area contributed by atoms with Crippen molar-refractivity contribution in [1.29, 1.82) is 0 Å². The van der Waals surface area contributed by atoms with E-state index in [9.17, 15) is 4.79 Å². The highest BCUT2D eigenvalue weighted by molar-refractivity contribution is 7.13. The van der Waals surface area contributed by atoms with Crippen molar-refractivity contribution in [2.45, 2.75) is 6.67 Å². The monoisotopic (exact) mass is 327 g/mol. The minimum atomic E-state index is 0.111. The number of nitrogens with zero attached hydrogens (tertiary/aromatic N) is 5. The molecule has 23 heavy (non-hydrogen) atoms. The van der Waals surface area contributed by atoms with E-state index in [4.69, 9.17) is 0 Å². The van der Waals surface area contributed by atoms with E-state index < -0.39 is 0 Å². The molecule has 0 unspecified atom stereocenters. The van der Waals surface area contributed by atoms with Gasteiger partial charge in [-0.3, -0.25) is 9.69 Å². The van der Waals surface area contributed by atoms with Crippen molar-refractivity contribution in [1.82, 2.24) is 18.8 Å². The molecule has 6 nitrogen and oxygen atoms in total. The third-order valence-electron chi connectivity index (χ3n) is 4.09. The second-order valence-electron chi connectivity index (χ2n) is 5.57. The first-order valence-electron chi connectivity index (χ1n) is 7.64. The standard InChI is InChI=1S/C16H17N5OS/c22-15-13-4-1-2-5-14(13)23-21(15)12-19-8-10-20(11-9-19)16-17-6-3-7-18-16/h1-7H,8-12H2. The molecule has 2 aromatic heterocycles. The molecule has 1 aliphatic rings. The van der Waals surface area contributed by atoms with Gasteiger partial charge in [-0.25, -0.2) is 13.9 Å². The van der Waals surface area contributed by atoms with E-state index in [1.54, 1.807) is 12.4 Å². The topological polar surface area (TPSA) is 54.3 Å². The fraction of sp³-hybridized carbons (Fsp3) is 0.312. The quantitative estimate of drug-likeness (QED) is 0.732. The summed E-state index contributed by atoms with van der Waals surface area (Å²) in [7, 11) is 0. The van der Waals surface area contributed by atoms with Crippen molar-refractivity contribution in [3.05, 3.63) is 53.1 Å². The van der Waals surface area contributed by atoms with Crippen LogP contribution in [0.5, 0.6) is 0 Å². The van der Waals surface area contributed by atoms with E-state index in [2.05, 4.69) is 19.8 Å². The summed E-state index contributed by atoms with van der Waals surface area (Å²) in [5.74, 6) is 0.783. The lowest BCUT2D eigenvalue weighted by molar-refractivity contribution is 0.211. The van der Waals surface area contributed by atoms with Crippen LogP contribution < -0.4 is 10.5 Å². The average Bonchev–Trinajstić information content (AvgIpc) is 2.93. The third-order valence-corrected chi connectivity index (χ3v) is 5.14. The summed E-state index contributed by atoms with van der Waals surface area (Å²) in [5.41, 5.74) is 0.111. The molecule has 0 aliphatic carbocycles. The molecule has 1 saturated heterocycles. The van der Waals surface area contributed by atoms with Gasteiger partial charge in [-0.2, -0.15) is 0 Å². The largest absolute Gasteiger partial charge is 0.338 e. The zero-order chi connectivity index (χ0) is 15.6. The Hall–Kier alpha value is -2.25. The van der Waals surface area contributed by atoms with Crippen molar-refractivity contribution in [3.63, 3.8) is 0 Å². The molecule has 1 aliphatic heterocycles. The number of hydrogen-bond donors (Lipinski definition) is 0. The maximum Gasteiger partial charge on any atom is 0.269 e. The second kappa shape index (κ2) is 6.10. The minimum absolute atomic E-state index is 0.111. The summed E-state index contributed by atoms with van der Waals surface area (Å²) in [6.07, 6.45) is 3.54. The van der Waals surface area contributed by atoms with Crippen LogP contribution in [0.4, 0.5) is 5.95 Å². The molecular formula is C16H17N5OS. The summed E-state index contributed by atoms with van der Waals surface area (Å²) >= 11 is 1.54. The van der Waals surface area contributed by atoms with Crippen LogP contribution in [0.2, 0.25) is 0 Å². The summed E-state index contributed by atoms with van der Waals surface area (Å²) in [6.45, 7) is 4.22. The maximum atomic E-state index is 12.4. The summed E-state index contributed by atoms with van der Waals surface area (Å²) in [5, 5.41) is 0.814. The highest BCUT2D eigenvalue weighted by Gasteiger charge is 2.19. The molecule has 0 saturated carbocycles. The third kappa shape index (κ3) is 2.85. The van der Waals surface area contributed by atoms with Gasteiger partial charge in [-0.1, -0.05) is 23.7 Å². The number of piperazine rings is 1. The van der Waals surface area contributed by atoms with E-state index in [-0.39, 0.29) is 5.56 Å². The lowest BCUT2D eigenvalue weighted by atomic mass is 10.3. The molecule has 0 atom stereocenters. The Labute approximate surface area is 137 Å². The van der Waals surface area contributed by atoms with E-state index in [1.165, 1.54) is 11.5 Å². The molecule has 0 N–H and O–H groups in total. The fourth-order valence-electron chi connectivity index (χ4n) is 2.84. The van der Waals surface area contributed by atoms with E-state index >= 15 is 0 Å². The molecule has 0 amide bonds. The Morgan fingerprint density at radius 3 is 2.48 bits per heavy atom. The Bertz CT molecular complexity index is 852. The smallest absolute Gasteiger partial charge is 0.269 e. The van der Waals surface area contributed by atoms with Crippen LogP contribution in [0.1, 0.15) is 0 Å². The number of anilines is 1. The molecule has 3 aromatic rings. The number of rotatable bonds is 3. The molecule has 0 spiro atoms. The van der Waals surface area contributed by atoms with Gasteiger partial charge in [0.15, 0.2) is 0 Å². The summed E-state index contributed by atoms with van der Waals surface area (Å²) < 4.78 is 2.90. The van der Waals surface area contributed by atoms with Crippen LogP contribution in [0.3, 0.4) is 0 Å². The van der Waals surface area contributed by atoms with Crippen LogP contribution in [0, 0.1) is 0 Å². The molecular weight excluding hydrogens is 310 g/mol. The minimum Gasteiger partial charge on any atom is -0.338 e. The van der Waals surface area contributed by atoms with Crippen LogP contribution in [-0.2, 0) is 6.67 Å². The van der Waals surface area contributed by atoms with Gasteiger partial charge in [0.1, 0.15) is 0 Å². The Morgan fingerprint density at radius 1 is 1.00 bits per heavy atom. The van der Waals surface area contributed by atoms with Crippen molar-refractivity contribution in [2.24, 2.45) is 0 Å². The Kier molecular flexibility index (Phi) is 3.80. The van der Waals surface area contributed by atoms with Crippen LogP contribution in [0.15, 0.2) is 47.5 Å². The molecule has 4 rings (SSSR count). The molecule has 3 heterocycles. The predicted octanol–water partition coefficient (Wildman–Crippen LogP) is 1.63. The number of aromatic nitrogens is 3. The predicted molar refractivity (Wildman–Crippen MR) is 91.9 cm³/mol. The van der Waals surface area contributed by atoms with Crippen LogP contribution in [-0.4, -0.2) is 45.0 Å². The number of benzene rings is 1. The zero-order valence-corrected chi connectivity index (χ0v) is 13.4. The second-order valence-corrected chi connectivity index (χ2v) is 6.63. The molecule has 118 valence electrons. The fourth-order valence-corrected chi connectivity index (χ4v) is 3.87. The van der Waals surface area contributed by atoms with Gasteiger partial charge in [-0.05, 0) is 18.2 Å². The number of hydrogen-bond acceptors (Lipinski definition) is 6. The van der Waals surface area contributed by atoms with Crippen molar-refractivity contribution >= 4 is 27.6 Å². The Balaban J connectivity index is 1.45. The lowest BCUT2D eigenvalue weighted by Crippen LogP contribution is -2.47. The van der Waals surface area contributed by atoms with Gasteiger partial charge in [0, 0.05) is 38.6 Å². The zero-order valence-electron chi connectivity index (χ0n) is 12.6. The van der Waals surface area contributed by atoms with Gasteiger partial charge in [-0.15, -0.1) is 0 Å². The van der Waals surface area contributed by atoms with E-state index in [0.29, 0.717) is 6.67 Å². The highest BCUT2D eigenvalue weighted by atomic mass is 32.1. The summed E-state index contributed by atoms with van der Waals surface area (Å²) in [6, 6.07) is 9.62. The maximum absolute atomic E-state index is 12.4. The normalized spacial score (nSPS) is 16.1. The van der Waals surface area contributed by atoms with Gasteiger partial charge in [0.2, 0.25) is 5.95 Å². The molecule has 1 aromatic carbocycles. The van der Waals surface area contributed by atoms with Crippen molar-refractivity contribution in [3.8, 4) is 0 Å². The van der Waals surface area contributed by atoms with Crippen molar-refractivity contribution < 1.29 is 0 Å². The van der Waals surface area contributed by atoms with E-state index in [0.717, 1.165) is 42.2 Å². The van der Waals surface area contributed by atoms with Gasteiger partial charge in [0.25, 0.3) is 5.56 Å². The van der Waals surface area contributed by atoms with Gasteiger partial charge >= 0.3 is 0 Å². The molecule has 7 heteroatoms. The Morgan fingerprint density at radius 2 is 1.74 bits per heavy atom. The first-order chi connectivity index (χ1) is 11.3. The molecule has 1 fully saturated rings. The van der Waals surface area contributed by atoms with Gasteiger partial charge < -0.3 is 4.90 Å². The van der Waals surface area contributed by atoms with Crippen LogP contribution in [0.25, 0.3) is 10.1 Å². The van der Waals surface area contributed by atoms with Crippen LogP contribution >= 0.6 is 11.5 Å². The molecule has 0 radical (unpaired) electrons. The van der Waals surface area contributed by atoms with E-state index in [1.807, 2.05) is 34.3 Å². The summed E-state index contributed by atoms with van der Waals surface area (Å²) in [4.78, 5) is 25.5. The van der Waals surface area contributed by atoms with Crippen molar-refractivity contribution in [2.75, 3.05) is 31.1 Å². The first kappa shape index (κ1) is 14.3. The SMILES string of the molecule is O=c1c2ccccc2sn1CN1CCN(c2ncccn2)CC1. The number of fused-ring (bicyclic) bond motifs is 1. The lowest BCUT2D eigenvalue weighted by Gasteiger charge is -2.34. The highest BCUT2D eigenvalue weighted by Crippen LogP contribution is 2.17. The average molecular weight is 327 g/mol. The molecule has 0 bridgehead atoms.